The first-order valence-electron chi connectivity index (χ1n) is 7.81. The largest absolute Gasteiger partial charge is 0.311 e. The fourth-order valence-electron chi connectivity index (χ4n) is 3.46. The lowest BCUT2D eigenvalue weighted by Crippen LogP contribution is -2.62. The predicted octanol–water partition coefficient (Wildman–Crippen LogP) is 3.28. The molecule has 0 aromatic carbocycles. The van der Waals surface area contributed by atoms with Crippen LogP contribution < -0.4 is 5.32 Å². The minimum atomic E-state index is 0.372. The second kappa shape index (κ2) is 5.13. The maximum absolute atomic E-state index is 3.77. The molecule has 106 valence electrons. The van der Waals surface area contributed by atoms with Crippen LogP contribution in [-0.2, 0) is 0 Å². The van der Waals surface area contributed by atoms with Crippen molar-refractivity contribution in [1.82, 2.24) is 10.2 Å². The van der Waals surface area contributed by atoms with Crippen LogP contribution in [0, 0.1) is 10.8 Å². The van der Waals surface area contributed by atoms with Crippen molar-refractivity contribution in [2.24, 2.45) is 10.8 Å². The molecule has 2 rings (SSSR count). The molecule has 1 saturated carbocycles. The number of hydrogen-bond acceptors (Lipinski definition) is 2. The van der Waals surface area contributed by atoms with E-state index in [0.29, 0.717) is 16.9 Å². The van der Waals surface area contributed by atoms with Gasteiger partial charge in [0.2, 0.25) is 0 Å². The Hall–Kier alpha value is -0.0800. The molecule has 18 heavy (non-hydrogen) atoms. The normalized spacial score (nSPS) is 33.2. The number of hydrogen-bond donors (Lipinski definition) is 1. The summed E-state index contributed by atoms with van der Waals surface area (Å²) in [4.78, 5) is 2.78. The minimum Gasteiger partial charge on any atom is -0.311 e. The van der Waals surface area contributed by atoms with Crippen LogP contribution >= 0.6 is 0 Å². The smallest absolute Gasteiger partial charge is 0.0244 e. The van der Waals surface area contributed by atoms with E-state index < -0.39 is 0 Å². The Balaban J connectivity index is 1.99. The second-order valence-electron chi connectivity index (χ2n) is 7.98. The van der Waals surface area contributed by atoms with Crippen molar-refractivity contribution in [3.63, 3.8) is 0 Å². The van der Waals surface area contributed by atoms with Crippen molar-refractivity contribution in [1.29, 1.82) is 0 Å². The quantitative estimate of drug-likeness (QED) is 0.829. The molecule has 1 saturated heterocycles. The molecule has 2 nitrogen and oxygen atoms in total. The summed E-state index contributed by atoms with van der Waals surface area (Å²) in [6.07, 6.45) is 5.60. The number of piperazine rings is 1. The summed E-state index contributed by atoms with van der Waals surface area (Å²) in [6, 6.07) is 1.39. The summed E-state index contributed by atoms with van der Waals surface area (Å²) in [5.74, 6) is 0. The van der Waals surface area contributed by atoms with Gasteiger partial charge in [-0.1, -0.05) is 41.0 Å². The van der Waals surface area contributed by atoms with Gasteiger partial charge in [0.25, 0.3) is 0 Å². The van der Waals surface area contributed by atoms with E-state index in [4.69, 9.17) is 0 Å². The molecule has 0 spiro atoms. The van der Waals surface area contributed by atoms with E-state index >= 15 is 0 Å². The molecule has 2 fully saturated rings. The van der Waals surface area contributed by atoms with E-state index in [0.717, 1.165) is 6.04 Å². The van der Waals surface area contributed by atoms with E-state index in [1.54, 1.807) is 0 Å². The van der Waals surface area contributed by atoms with Gasteiger partial charge in [-0.05, 0) is 30.1 Å². The van der Waals surface area contributed by atoms with Crippen LogP contribution in [0.5, 0.6) is 0 Å². The Kier molecular flexibility index (Phi) is 4.08. The van der Waals surface area contributed by atoms with Crippen LogP contribution in [0.2, 0.25) is 0 Å². The van der Waals surface area contributed by atoms with E-state index in [9.17, 15) is 0 Å². The standard InChI is InChI=1S/C16H32N2/c1-6-13-10-17-14(15(2,3)4)11-18(13)12-16(5)8-7-9-16/h13-14,17H,6-12H2,1-5H3. The summed E-state index contributed by atoms with van der Waals surface area (Å²) < 4.78 is 0. The predicted molar refractivity (Wildman–Crippen MR) is 78.9 cm³/mol. The maximum Gasteiger partial charge on any atom is 0.0244 e. The van der Waals surface area contributed by atoms with Crippen LogP contribution in [0.3, 0.4) is 0 Å². The summed E-state index contributed by atoms with van der Waals surface area (Å²) >= 11 is 0. The van der Waals surface area contributed by atoms with Crippen LogP contribution in [0.4, 0.5) is 0 Å². The topological polar surface area (TPSA) is 15.3 Å². The van der Waals surface area contributed by atoms with Crippen molar-refractivity contribution in [2.45, 2.75) is 72.4 Å². The minimum absolute atomic E-state index is 0.372. The first kappa shape index (κ1) is 14.3. The molecule has 1 aliphatic carbocycles. The first-order chi connectivity index (χ1) is 8.34. The van der Waals surface area contributed by atoms with Gasteiger partial charge in [0.15, 0.2) is 0 Å². The average Bonchev–Trinajstić information content (AvgIpc) is 2.25. The number of nitrogens with zero attached hydrogens (tertiary/aromatic N) is 1. The average molecular weight is 252 g/mol. The highest BCUT2D eigenvalue weighted by molar-refractivity contribution is 4.95. The van der Waals surface area contributed by atoms with Crippen molar-refractivity contribution in [2.75, 3.05) is 19.6 Å². The highest BCUT2D eigenvalue weighted by Crippen LogP contribution is 2.41. The Morgan fingerprint density at radius 3 is 2.39 bits per heavy atom. The third kappa shape index (κ3) is 3.08. The lowest BCUT2D eigenvalue weighted by atomic mass is 9.69. The van der Waals surface area contributed by atoms with Gasteiger partial charge >= 0.3 is 0 Å². The SMILES string of the molecule is CCC1CNC(C(C)(C)C)CN1CC1(C)CCC1. The van der Waals surface area contributed by atoms with Crippen LogP contribution in [0.1, 0.15) is 60.3 Å². The molecule has 0 bridgehead atoms. The van der Waals surface area contributed by atoms with Gasteiger partial charge < -0.3 is 5.32 Å². The zero-order valence-electron chi connectivity index (χ0n) is 13.1. The van der Waals surface area contributed by atoms with Crippen molar-refractivity contribution in [3.05, 3.63) is 0 Å². The third-order valence-electron chi connectivity index (χ3n) is 5.20. The number of nitrogens with one attached hydrogen (secondary N) is 1. The molecule has 1 N–H and O–H groups in total. The van der Waals surface area contributed by atoms with Gasteiger partial charge in [-0.15, -0.1) is 0 Å². The van der Waals surface area contributed by atoms with Gasteiger partial charge in [0.1, 0.15) is 0 Å². The molecule has 2 unspecified atom stereocenters. The van der Waals surface area contributed by atoms with Gasteiger partial charge in [0.05, 0.1) is 0 Å². The molecular formula is C16H32N2. The zero-order chi connectivity index (χ0) is 13.4. The Morgan fingerprint density at radius 2 is 1.94 bits per heavy atom. The highest BCUT2D eigenvalue weighted by atomic mass is 15.2. The van der Waals surface area contributed by atoms with Crippen molar-refractivity contribution < 1.29 is 0 Å². The van der Waals surface area contributed by atoms with E-state index in [1.165, 1.54) is 45.3 Å². The highest BCUT2D eigenvalue weighted by Gasteiger charge is 2.39. The molecule has 2 aliphatic rings. The van der Waals surface area contributed by atoms with Crippen molar-refractivity contribution >= 4 is 0 Å². The fourth-order valence-corrected chi connectivity index (χ4v) is 3.46. The summed E-state index contributed by atoms with van der Waals surface area (Å²) in [6.45, 7) is 15.6. The first-order valence-corrected chi connectivity index (χ1v) is 7.81. The monoisotopic (exact) mass is 252 g/mol. The molecule has 2 heteroatoms. The Morgan fingerprint density at radius 1 is 1.28 bits per heavy atom. The molecule has 0 amide bonds. The zero-order valence-corrected chi connectivity index (χ0v) is 13.1. The molecule has 1 heterocycles. The Bertz CT molecular complexity index is 275. The van der Waals surface area contributed by atoms with Crippen LogP contribution in [0.25, 0.3) is 0 Å². The molecule has 1 aliphatic heterocycles. The summed E-state index contributed by atoms with van der Waals surface area (Å²) in [7, 11) is 0. The van der Waals surface area contributed by atoms with Gasteiger partial charge in [-0.25, -0.2) is 0 Å². The van der Waals surface area contributed by atoms with E-state index in [1.807, 2.05) is 0 Å². The summed E-state index contributed by atoms with van der Waals surface area (Å²) in [5.41, 5.74) is 0.991. The van der Waals surface area contributed by atoms with Crippen molar-refractivity contribution in [3.8, 4) is 0 Å². The fraction of sp³-hybridized carbons (Fsp3) is 1.00. The Labute approximate surface area is 114 Å². The molecule has 0 aromatic heterocycles. The van der Waals surface area contributed by atoms with Crippen LogP contribution in [-0.4, -0.2) is 36.6 Å². The third-order valence-corrected chi connectivity index (χ3v) is 5.20. The lowest BCUT2D eigenvalue weighted by Gasteiger charge is -2.50. The van der Waals surface area contributed by atoms with Gasteiger partial charge in [0, 0.05) is 31.7 Å². The molecule has 2 atom stereocenters. The molecule has 0 aromatic rings. The molecular weight excluding hydrogens is 220 g/mol. The van der Waals surface area contributed by atoms with E-state index in [-0.39, 0.29) is 0 Å². The number of rotatable bonds is 3. The lowest BCUT2D eigenvalue weighted by molar-refractivity contribution is 0.0179. The second-order valence-corrected chi connectivity index (χ2v) is 7.98. The van der Waals surface area contributed by atoms with Gasteiger partial charge in [-0.2, -0.15) is 0 Å². The van der Waals surface area contributed by atoms with E-state index in [2.05, 4.69) is 44.8 Å². The summed E-state index contributed by atoms with van der Waals surface area (Å²) in [5, 5.41) is 3.77. The maximum atomic E-state index is 3.77. The van der Waals surface area contributed by atoms with Gasteiger partial charge in [-0.3, -0.25) is 4.90 Å². The molecule has 0 radical (unpaired) electrons. The van der Waals surface area contributed by atoms with Crippen LogP contribution in [0.15, 0.2) is 0 Å².